The molecule has 1 aromatic carbocycles. The molecule has 5 nitrogen and oxygen atoms in total. The zero-order chi connectivity index (χ0) is 17.0. The lowest BCUT2D eigenvalue weighted by atomic mass is 9.92. The first kappa shape index (κ1) is 17.4. The number of halogens is 3. The van der Waals surface area contributed by atoms with Crippen LogP contribution in [0.25, 0.3) is 0 Å². The first-order valence-electron chi connectivity index (χ1n) is 7.35. The van der Waals surface area contributed by atoms with Gasteiger partial charge in [-0.3, -0.25) is 0 Å². The number of ether oxygens (including phenoxy) is 1. The molecular formula is C15H19F3N2O3. The standard InChI is InChI=1S/C15H19F3N2O3/c1-10(21)11-6-8-20(9-7-11)14(22)19-12-4-2-3-5-13(12)23-15(16,17)18/h2-5,10-11,21H,6-9H2,1H3,(H,19,22). The zero-order valence-electron chi connectivity index (χ0n) is 12.6. The van der Waals surface area contributed by atoms with Gasteiger partial charge >= 0.3 is 12.4 Å². The predicted octanol–water partition coefficient (Wildman–Crippen LogP) is 3.21. The zero-order valence-corrected chi connectivity index (χ0v) is 12.6. The van der Waals surface area contributed by atoms with E-state index in [4.69, 9.17) is 0 Å². The van der Waals surface area contributed by atoms with Crippen molar-refractivity contribution in [3.63, 3.8) is 0 Å². The number of hydrogen-bond acceptors (Lipinski definition) is 3. The van der Waals surface area contributed by atoms with Gasteiger partial charge in [0.2, 0.25) is 0 Å². The van der Waals surface area contributed by atoms with E-state index in [1.807, 2.05) is 0 Å². The van der Waals surface area contributed by atoms with Crippen LogP contribution in [0.2, 0.25) is 0 Å². The maximum absolute atomic E-state index is 12.4. The van der Waals surface area contributed by atoms with Gasteiger partial charge in [0.05, 0.1) is 11.8 Å². The van der Waals surface area contributed by atoms with E-state index in [1.165, 1.54) is 23.1 Å². The topological polar surface area (TPSA) is 61.8 Å². The Hall–Kier alpha value is -1.96. The number of anilines is 1. The number of rotatable bonds is 3. The lowest BCUT2D eigenvalue weighted by Gasteiger charge is -2.33. The number of urea groups is 1. The highest BCUT2D eigenvalue weighted by atomic mass is 19.4. The number of carbonyl (C=O) groups excluding carboxylic acids is 1. The molecule has 2 amide bonds. The summed E-state index contributed by atoms with van der Waals surface area (Å²) in [5, 5.41) is 12.0. The fraction of sp³-hybridized carbons (Fsp3) is 0.533. The number of para-hydroxylation sites is 2. The van der Waals surface area contributed by atoms with Crippen LogP contribution >= 0.6 is 0 Å². The lowest BCUT2D eigenvalue weighted by molar-refractivity contribution is -0.274. The van der Waals surface area contributed by atoms with Gasteiger partial charge in [0.25, 0.3) is 0 Å². The third-order valence-corrected chi connectivity index (χ3v) is 3.86. The molecule has 0 bridgehead atoms. The summed E-state index contributed by atoms with van der Waals surface area (Å²) < 4.78 is 41.0. The molecule has 2 N–H and O–H groups in total. The van der Waals surface area contributed by atoms with E-state index in [9.17, 15) is 23.1 Å². The van der Waals surface area contributed by atoms with Gasteiger partial charge in [0.1, 0.15) is 0 Å². The molecule has 0 aliphatic carbocycles. The van der Waals surface area contributed by atoms with Crippen molar-refractivity contribution in [2.75, 3.05) is 18.4 Å². The van der Waals surface area contributed by atoms with Gasteiger partial charge in [-0.15, -0.1) is 13.2 Å². The minimum absolute atomic E-state index is 0.0347. The van der Waals surface area contributed by atoms with Crippen LogP contribution in [0.15, 0.2) is 24.3 Å². The summed E-state index contributed by atoms with van der Waals surface area (Å²) in [6.07, 6.45) is -3.94. The van der Waals surface area contributed by atoms with Gasteiger partial charge in [0.15, 0.2) is 5.75 Å². The number of nitrogens with zero attached hydrogens (tertiary/aromatic N) is 1. The van der Waals surface area contributed by atoms with E-state index < -0.39 is 24.2 Å². The Morgan fingerprint density at radius 3 is 2.52 bits per heavy atom. The van der Waals surface area contributed by atoms with Crippen LogP contribution in [0.4, 0.5) is 23.7 Å². The molecule has 1 atom stereocenters. The molecule has 0 saturated carbocycles. The van der Waals surface area contributed by atoms with Gasteiger partial charge < -0.3 is 20.1 Å². The van der Waals surface area contributed by atoms with Crippen molar-refractivity contribution in [3.05, 3.63) is 24.3 Å². The number of piperidine rings is 1. The molecule has 23 heavy (non-hydrogen) atoms. The van der Waals surface area contributed by atoms with Gasteiger partial charge in [0, 0.05) is 13.1 Å². The van der Waals surface area contributed by atoms with Crippen LogP contribution in [-0.2, 0) is 0 Å². The Bertz CT molecular complexity index is 541. The number of hydrogen-bond donors (Lipinski definition) is 2. The summed E-state index contributed by atoms with van der Waals surface area (Å²) >= 11 is 0. The van der Waals surface area contributed by atoms with Gasteiger partial charge in [-0.1, -0.05) is 12.1 Å². The molecule has 2 rings (SSSR count). The minimum atomic E-state index is -4.82. The first-order chi connectivity index (χ1) is 10.8. The number of carbonyl (C=O) groups is 1. The van der Waals surface area contributed by atoms with Crippen molar-refractivity contribution < 1.29 is 27.8 Å². The van der Waals surface area contributed by atoms with Crippen LogP contribution in [0, 0.1) is 5.92 Å². The van der Waals surface area contributed by atoms with Crippen LogP contribution in [0.3, 0.4) is 0 Å². The highest BCUT2D eigenvalue weighted by molar-refractivity contribution is 5.91. The predicted molar refractivity (Wildman–Crippen MR) is 78.1 cm³/mol. The van der Waals surface area contributed by atoms with Gasteiger partial charge in [-0.05, 0) is 37.8 Å². The Morgan fingerprint density at radius 1 is 1.35 bits per heavy atom. The number of benzene rings is 1. The van der Waals surface area contributed by atoms with Gasteiger partial charge in [-0.25, -0.2) is 4.79 Å². The largest absolute Gasteiger partial charge is 0.573 e. The van der Waals surface area contributed by atoms with Crippen molar-refractivity contribution in [2.24, 2.45) is 5.92 Å². The monoisotopic (exact) mass is 332 g/mol. The van der Waals surface area contributed by atoms with Crippen LogP contribution in [0.1, 0.15) is 19.8 Å². The van der Waals surface area contributed by atoms with Crippen molar-refractivity contribution >= 4 is 11.7 Å². The van der Waals surface area contributed by atoms with Crippen molar-refractivity contribution in [2.45, 2.75) is 32.2 Å². The third-order valence-electron chi connectivity index (χ3n) is 3.86. The molecule has 1 unspecified atom stereocenters. The summed E-state index contributed by atoms with van der Waals surface area (Å²) in [7, 11) is 0. The van der Waals surface area contributed by atoms with Crippen LogP contribution in [0.5, 0.6) is 5.75 Å². The second-order valence-electron chi connectivity index (χ2n) is 5.54. The fourth-order valence-corrected chi connectivity index (χ4v) is 2.56. The Labute approximate surface area is 132 Å². The summed E-state index contributed by atoms with van der Waals surface area (Å²) in [6.45, 7) is 2.61. The molecule has 1 fully saturated rings. The number of aliphatic hydroxyl groups excluding tert-OH is 1. The quantitative estimate of drug-likeness (QED) is 0.893. The Balaban J connectivity index is 1.99. The molecule has 1 heterocycles. The summed E-state index contributed by atoms with van der Waals surface area (Å²) in [6, 6.07) is 4.92. The van der Waals surface area contributed by atoms with Gasteiger partial charge in [-0.2, -0.15) is 0 Å². The van der Waals surface area contributed by atoms with E-state index in [1.54, 1.807) is 6.92 Å². The van der Waals surface area contributed by atoms with Crippen LogP contribution in [-0.4, -0.2) is 41.6 Å². The number of nitrogens with one attached hydrogen (secondary N) is 1. The highest BCUT2D eigenvalue weighted by Crippen LogP contribution is 2.30. The molecule has 1 aliphatic rings. The smallest absolute Gasteiger partial charge is 0.404 e. The van der Waals surface area contributed by atoms with E-state index in [0.717, 1.165) is 6.07 Å². The molecule has 0 aromatic heterocycles. The molecule has 1 aliphatic heterocycles. The Morgan fingerprint density at radius 2 is 1.96 bits per heavy atom. The lowest BCUT2D eigenvalue weighted by Crippen LogP contribution is -2.42. The van der Waals surface area contributed by atoms with E-state index in [-0.39, 0.29) is 11.6 Å². The maximum Gasteiger partial charge on any atom is 0.573 e. The highest BCUT2D eigenvalue weighted by Gasteiger charge is 2.32. The maximum atomic E-state index is 12.4. The average Bonchev–Trinajstić information content (AvgIpc) is 2.48. The number of amides is 2. The molecule has 0 radical (unpaired) electrons. The van der Waals surface area contributed by atoms with Crippen molar-refractivity contribution in [1.29, 1.82) is 0 Å². The molecule has 0 spiro atoms. The molecule has 8 heteroatoms. The summed E-state index contributed by atoms with van der Waals surface area (Å²) in [4.78, 5) is 13.7. The summed E-state index contributed by atoms with van der Waals surface area (Å²) in [5.74, 6) is -0.313. The SMILES string of the molecule is CC(O)C1CCN(C(=O)Nc2ccccc2OC(F)(F)F)CC1. The van der Waals surface area contributed by atoms with E-state index in [0.29, 0.717) is 25.9 Å². The van der Waals surface area contributed by atoms with E-state index in [2.05, 4.69) is 10.1 Å². The van der Waals surface area contributed by atoms with E-state index >= 15 is 0 Å². The number of likely N-dealkylation sites (tertiary alicyclic amines) is 1. The first-order valence-corrected chi connectivity index (χ1v) is 7.35. The summed E-state index contributed by atoms with van der Waals surface area (Å²) in [5.41, 5.74) is -0.0347. The normalized spacial score (nSPS) is 17.7. The Kier molecular flexibility index (Phi) is 5.35. The number of aliphatic hydroxyl groups is 1. The second kappa shape index (κ2) is 7.08. The fourth-order valence-electron chi connectivity index (χ4n) is 2.56. The van der Waals surface area contributed by atoms with Crippen molar-refractivity contribution in [1.82, 2.24) is 4.90 Å². The average molecular weight is 332 g/mol. The molecular weight excluding hydrogens is 313 g/mol. The minimum Gasteiger partial charge on any atom is -0.404 e. The molecule has 1 saturated heterocycles. The molecule has 128 valence electrons. The number of alkyl halides is 3. The third kappa shape index (κ3) is 5.02. The molecule has 1 aromatic rings. The van der Waals surface area contributed by atoms with Crippen molar-refractivity contribution in [3.8, 4) is 5.75 Å². The second-order valence-corrected chi connectivity index (χ2v) is 5.54. The van der Waals surface area contributed by atoms with Crippen LogP contribution < -0.4 is 10.1 Å².